The van der Waals surface area contributed by atoms with Crippen LogP contribution in [-0.4, -0.2) is 34.6 Å². The monoisotopic (exact) mass is 542 g/mol. The minimum atomic E-state index is -0.571. The van der Waals surface area contributed by atoms with Gasteiger partial charge in [0.05, 0.1) is 0 Å². The van der Waals surface area contributed by atoms with Gasteiger partial charge in [0.25, 0.3) is 0 Å². The van der Waals surface area contributed by atoms with Gasteiger partial charge in [0.1, 0.15) is 6.10 Å². The molecule has 0 aromatic heterocycles. The molecule has 5 aliphatic rings. The van der Waals surface area contributed by atoms with Crippen LogP contribution in [0.2, 0.25) is 0 Å². The molecule has 0 aromatic rings. The molecule has 218 valence electrons. The molecule has 4 saturated carbocycles. The van der Waals surface area contributed by atoms with Crippen LogP contribution in [-0.2, 0) is 14.3 Å². The van der Waals surface area contributed by atoms with E-state index in [2.05, 4.69) is 53.8 Å². The fraction of sp³-hybridized carbons (Fsp3) is 0.844. The van der Waals surface area contributed by atoms with Crippen LogP contribution in [0.3, 0.4) is 0 Å². The lowest BCUT2D eigenvalue weighted by Crippen LogP contribution is -2.67. The van der Waals surface area contributed by atoms with Gasteiger partial charge in [-0.25, -0.2) is 10.3 Å². The van der Waals surface area contributed by atoms with E-state index in [1.54, 1.807) is 5.48 Å². The number of hydrogen-bond acceptors (Lipinski definition) is 5. The normalized spacial score (nSPS) is 48.3. The molecule has 2 amide bonds. The number of rotatable bonds is 2. The van der Waals surface area contributed by atoms with Gasteiger partial charge in [0.15, 0.2) is 5.78 Å². The van der Waals surface area contributed by atoms with Crippen LogP contribution in [0.1, 0.15) is 113 Å². The molecule has 5 rings (SSSR count). The number of fused-ring (bicyclic) bond motifs is 7. The third-order valence-electron chi connectivity index (χ3n) is 13.3. The van der Waals surface area contributed by atoms with Gasteiger partial charge < -0.3 is 10.1 Å². The van der Waals surface area contributed by atoms with Crippen molar-refractivity contribution in [3.63, 3.8) is 0 Å². The first-order valence-corrected chi connectivity index (χ1v) is 15.1. The summed E-state index contributed by atoms with van der Waals surface area (Å²) in [5.74, 6) is 0.500. The highest BCUT2D eigenvalue weighted by Crippen LogP contribution is 2.74. The summed E-state index contributed by atoms with van der Waals surface area (Å²) < 4.78 is 5.83. The lowest BCUT2D eigenvalue weighted by Gasteiger charge is -2.70. The van der Waals surface area contributed by atoms with Crippen molar-refractivity contribution in [2.45, 2.75) is 125 Å². The molecule has 5 aliphatic carbocycles. The van der Waals surface area contributed by atoms with E-state index in [9.17, 15) is 14.4 Å². The molecule has 0 heterocycles. The van der Waals surface area contributed by atoms with E-state index in [1.165, 1.54) is 12.5 Å². The van der Waals surface area contributed by atoms with Crippen LogP contribution < -0.4 is 10.8 Å². The number of carbonyl (C=O) groups is 3. The molecule has 4 fully saturated rings. The fourth-order valence-corrected chi connectivity index (χ4v) is 11.0. The average molecular weight is 543 g/mol. The summed E-state index contributed by atoms with van der Waals surface area (Å²) in [6.45, 7) is 17.6. The van der Waals surface area contributed by atoms with Crippen molar-refractivity contribution in [3.8, 4) is 0 Å². The van der Waals surface area contributed by atoms with Crippen molar-refractivity contribution in [1.82, 2.24) is 10.8 Å². The molecule has 0 radical (unpaired) electrons. The van der Waals surface area contributed by atoms with Gasteiger partial charge in [0.2, 0.25) is 0 Å². The standard InChI is InChI=1S/C32H50N2O5/c1-19(35)39-24-10-11-30(6)23(27(24,2)3)9-12-32(8)25(30)22(36)17-20-21-18-29(5,33-26(37)34-38)15-13-28(21,4)14-16-31(20,32)7/h17,21,23-25,38H,9-16,18H2,1-8H3,(H2,33,34,37)/t21-,23-,24-,25+,28+,29-,30-,31+,32+/m0/s1. The van der Waals surface area contributed by atoms with Crippen LogP contribution in [0.15, 0.2) is 11.6 Å². The van der Waals surface area contributed by atoms with Gasteiger partial charge in [-0.3, -0.25) is 14.8 Å². The molecule has 7 nitrogen and oxygen atoms in total. The predicted octanol–water partition coefficient (Wildman–Crippen LogP) is 6.34. The van der Waals surface area contributed by atoms with Crippen LogP contribution >= 0.6 is 0 Å². The van der Waals surface area contributed by atoms with Gasteiger partial charge in [0, 0.05) is 23.8 Å². The number of amides is 2. The Hall–Kier alpha value is -1.89. The van der Waals surface area contributed by atoms with Gasteiger partial charge in [-0.15, -0.1) is 0 Å². The fourth-order valence-electron chi connectivity index (χ4n) is 11.0. The average Bonchev–Trinajstić information content (AvgIpc) is 2.83. The number of allylic oxidation sites excluding steroid dienone is 2. The largest absolute Gasteiger partial charge is 0.462 e. The molecule has 7 heteroatoms. The predicted molar refractivity (Wildman–Crippen MR) is 149 cm³/mol. The van der Waals surface area contributed by atoms with Crippen molar-refractivity contribution >= 4 is 17.8 Å². The highest BCUT2D eigenvalue weighted by atomic mass is 16.5. The number of hydrogen-bond donors (Lipinski definition) is 3. The van der Waals surface area contributed by atoms with Gasteiger partial charge in [-0.2, -0.15) is 0 Å². The second-order valence-corrected chi connectivity index (χ2v) is 15.8. The van der Waals surface area contributed by atoms with Crippen molar-refractivity contribution < 1.29 is 24.3 Å². The zero-order valence-electron chi connectivity index (χ0n) is 25.3. The lowest BCUT2D eigenvalue weighted by atomic mass is 9.33. The molecule has 0 aromatic carbocycles. The molecule has 3 N–H and O–H groups in total. The number of urea groups is 1. The van der Waals surface area contributed by atoms with E-state index < -0.39 is 11.6 Å². The third kappa shape index (κ3) is 3.95. The summed E-state index contributed by atoms with van der Waals surface area (Å²) in [4.78, 5) is 38.5. The van der Waals surface area contributed by atoms with Crippen molar-refractivity contribution in [3.05, 3.63) is 11.6 Å². The van der Waals surface area contributed by atoms with Crippen molar-refractivity contribution in [1.29, 1.82) is 0 Å². The van der Waals surface area contributed by atoms with E-state index in [1.807, 2.05) is 6.08 Å². The molecule has 0 saturated heterocycles. The summed E-state index contributed by atoms with van der Waals surface area (Å²) in [6, 6.07) is -0.571. The second-order valence-electron chi connectivity index (χ2n) is 15.8. The molecule has 39 heavy (non-hydrogen) atoms. The molecule has 0 spiro atoms. The van der Waals surface area contributed by atoms with Crippen LogP contribution in [0.25, 0.3) is 0 Å². The number of hydroxylamine groups is 1. The Morgan fingerprint density at radius 3 is 2.26 bits per heavy atom. The maximum absolute atomic E-state index is 14.5. The summed E-state index contributed by atoms with van der Waals surface area (Å²) >= 11 is 0. The second kappa shape index (κ2) is 8.80. The zero-order valence-corrected chi connectivity index (χ0v) is 25.3. The Morgan fingerprint density at radius 1 is 0.949 bits per heavy atom. The molecule has 0 unspecified atom stereocenters. The number of ether oxygens (including phenoxy) is 1. The van der Waals surface area contributed by atoms with Crippen molar-refractivity contribution in [2.75, 3.05) is 0 Å². The van der Waals surface area contributed by atoms with E-state index in [0.717, 1.165) is 57.8 Å². The minimum absolute atomic E-state index is 0.0623. The molecular weight excluding hydrogens is 492 g/mol. The maximum Gasteiger partial charge on any atom is 0.338 e. The lowest BCUT2D eigenvalue weighted by molar-refractivity contribution is -0.210. The van der Waals surface area contributed by atoms with Gasteiger partial charge in [-0.05, 0) is 104 Å². The van der Waals surface area contributed by atoms with Crippen LogP contribution in [0.5, 0.6) is 0 Å². The highest BCUT2D eigenvalue weighted by molar-refractivity contribution is 5.95. The minimum Gasteiger partial charge on any atom is -0.462 e. The van der Waals surface area contributed by atoms with E-state index in [4.69, 9.17) is 9.94 Å². The van der Waals surface area contributed by atoms with E-state index in [-0.39, 0.29) is 56.8 Å². The summed E-state index contributed by atoms with van der Waals surface area (Å²) in [7, 11) is 0. The number of carbonyl (C=O) groups excluding carboxylic acids is 3. The van der Waals surface area contributed by atoms with Gasteiger partial charge in [-0.1, -0.05) is 47.1 Å². The maximum atomic E-state index is 14.5. The number of nitrogens with one attached hydrogen (secondary N) is 2. The first-order chi connectivity index (χ1) is 18.0. The van der Waals surface area contributed by atoms with E-state index in [0.29, 0.717) is 5.92 Å². The Morgan fingerprint density at radius 2 is 1.62 bits per heavy atom. The number of esters is 1. The molecule has 0 bridgehead atoms. The Labute approximate surface area is 234 Å². The highest BCUT2D eigenvalue weighted by Gasteiger charge is 2.70. The first kappa shape index (κ1) is 28.6. The third-order valence-corrected chi connectivity index (χ3v) is 13.3. The van der Waals surface area contributed by atoms with Crippen molar-refractivity contribution in [2.24, 2.45) is 44.8 Å². The summed E-state index contributed by atoms with van der Waals surface area (Å²) in [6.07, 6.45) is 10.4. The number of ketones is 1. The SMILES string of the molecule is CC(=O)O[C@H]1CC[C@]2(C)[C@H]3C(=O)C=C4[C@@H]5C[C@@](C)(NC(=O)NO)CC[C@]5(C)CC[C@@]4(C)[C@]3(C)CC[C@H]2C1(C)C. The molecule has 9 atom stereocenters. The molecule has 0 aliphatic heterocycles. The van der Waals surface area contributed by atoms with Crippen LogP contribution in [0, 0.1) is 44.8 Å². The smallest absolute Gasteiger partial charge is 0.338 e. The Bertz CT molecular complexity index is 1120. The Kier molecular flexibility index (Phi) is 6.46. The summed E-state index contributed by atoms with van der Waals surface area (Å²) in [5, 5.41) is 12.2. The Balaban J connectivity index is 1.54. The first-order valence-electron chi connectivity index (χ1n) is 15.1. The topological polar surface area (TPSA) is 105 Å². The van der Waals surface area contributed by atoms with E-state index >= 15 is 0 Å². The molecular formula is C32H50N2O5. The van der Waals surface area contributed by atoms with Crippen LogP contribution in [0.4, 0.5) is 4.79 Å². The van der Waals surface area contributed by atoms with Gasteiger partial charge >= 0.3 is 12.0 Å². The quantitative estimate of drug-likeness (QED) is 0.215. The zero-order chi connectivity index (χ0) is 28.8. The summed E-state index contributed by atoms with van der Waals surface area (Å²) in [5.41, 5.74) is 2.08.